The molecule has 6 nitrogen and oxygen atoms in total. The fourth-order valence-corrected chi connectivity index (χ4v) is 2.20. The molecule has 3 aromatic rings. The average molecular weight is 258 g/mol. The van der Waals surface area contributed by atoms with Crippen LogP contribution in [0.2, 0.25) is 0 Å². The lowest BCUT2D eigenvalue weighted by atomic mass is 10.1. The Morgan fingerprint density at radius 3 is 2.84 bits per heavy atom. The van der Waals surface area contributed by atoms with Crippen molar-refractivity contribution in [2.24, 2.45) is 7.05 Å². The van der Waals surface area contributed by atoms with Crippen molar-refractivity contribution in [2.75, 3.05) is 5.73 Å². The van der Waals surface area contributed by atoms with Crippen LogP contribution in [0.1, 0.15) is 6.92 Å². The maximum Gasteiger partial charge on any atom is 0.419 e. The normalized spacial score (nSPS) is 11.3. The lowest BCUT2D eigenvalue weighted by Crippen LogP contribution is -2.12. The molecule has 2 aromatic heterocycles. The van der Waals surface area contributed by atoms with Crippen molar-refractivity contribution in [3.63, 3.8) is 0 Å². The van der Waals surface area contributed by atoms with Crippen LogP contribution in [-0.4, -0.2) is 14.3 Å². The van der Waals surface area contributed by atoms with Gasteiger partial charge in [0.25, 0.3) is 0 Å². The molecule has 1 aromatic carbocycles. The molecule has 2 N–H and O–H groups in total. The highest BCUT2D eigenvalue weighted by molar-refractivity contribution is 5.83. The molecular formula is C13H14N4O2. The van der Waals surface area contributed by atoms with Crippen LogP contribution in [0.4, 0.5) is 5.82 Å². The Labute approximate surface area is 109 Å². The molecule has 98 valence electrons. The summed E-state index contributed by atoms with van der Waals surface area (Å²) in [6, 6.07) is 5.56. The van der Waals surface area contributed by atoms with Gasteiger partial charge >= 0.3 is 5.76 Å². The Kier molecular flexibility index (Phi) is 2.45. The van der Waals surface area contributed by atoms with Crippen molar-refractivity contribution >= 4 is 16.9 Å². The number of fused-ring (bicyclic) bond motifs is 1. The Morgan fingerprint density at radius 1 is 1.42 bits per heavy atom. The van der Waals surface area contributed by atoms with Gasteiger partial charge in [0.15, 0.2) is 5.58 Å². The van der Waals surface area contributed by atoms with E-state index in [-0.39, 0.29) is 5.76 Å². The molecule has 0 amide bonds. The number of benzene rings is 1. The van der Waals surface area contributed by atoms with Gasteiger partial charge in [-0.05, 0) is 24.6 Å². The van der Waals surface area contributed by atoms with E-state index in [4.69, 9.17) is 10.2 Å². The Balaban J connectivity index is 2.26. The maximum atomic E-state index is 11.6. The minimum Gasteiger partial charge on any atom is -0.408 e. The second kappa shape index (κ2) is 4.01. The van der Waals surface area contributed by atoms with Gasteiger partial charge in [-0.3, -0.25) is 9.25 Å². The number of nitrogen functional groups attached to an aromatic ring is 1. The fourth-order valence-electron chi connectivity index (χ4n) is 2.20. The van der Waals surface area contributed by atoms with Crippen molar-refractivity contribution in [1.82, 2.24) is 14.3 Å². The van der Waals surface area contributed by atoms with E-state index in [0.29, 0.717) is 17.9 Å². The molecule has 0 aliphatic carbocycles. The first-order valence-corrected chi connectivity index (χ1v) is 6.03. The second-order valence-corrected chi connectivity index (χ2v) is 4.36. The van der Waals surface area contributed by atoms with Gasteiger partial charge in [0.2, 0.25) is 0 Å². The summed E-state index contributed by atoms with van der Waals surface area (Å²) in [5.41, 5.74) is 9.08. The highest BCUT2D eigenvalue weighted by atomic mass is 16.4. The van der Waals surface area contributed by atoms with Crippen LogP contribution in [0, 0.1) is 0 Å². The number of aromatic nitrogens is 3. The Hall–Kier alpha value is -2.50. The summed E-state index contributed by atoms with van der Waals surface area (Å²) < 4.78 is 8.37. The summed E-state index contributed by atoms with van der Waals surface area (Å²) in [6.07, 6.45) is 1.71. The van der Waals surface area contributed by atoms with E-state index in [9.17, 15) is 4.79 Å². The molecule has 0 spiro atoms. The summed E-state index contributed by atoms with van der Waals surface area (Å²) in [4.78, 5) is 11.6. The van der Waals surface area contributed by atoms with Gasteiger partial charge in [0.1, 0.15) is 5.82 Å². The van der Waals surface area contributed by atoms with Gasteiger partial charge in [-0.1, -0.05) is 6.07 Å². The lowest BCUT2D eigenvalue weighted by Gasteiger charge is -2.02. The number of nitrogens with two attached hydrogens (primary N) is 1. The summed E-state index contributed by atoms with van der Waals surface area (Å²) in [6.45, 7) is 2.47. The third-order valence-corrected chi connectivity index (χ3v) is 3.28. The number of rotatable bonds is 2. The van der Waals surface area contributed by atoms with Crippen molar-refractivity contribution in [3.05, 3.63) is 34.9 Å². The number of aryl methyl sites for hydroxylation is 2. The Bertz CT molecular complexity index is 810. The number of hydrogen-bond donors (Lipinski definition) is 1. The molecule has 0 aliphatic rings. The van der Waals surface area contributed by atoms with E-state index >= 15 is 0 Å². The molecule has 0 saturated carbocycles. The molecule has 0 saturated heterocycles. The number of hydrogen-bond acceptors (Lipinski definition) is 4. The smallest absolute Gasteiger partial charge is 0.408 e. The van der Waals surface area contributed by atoms with Gasteiger partial charge < -0.3 is 10.2 Å². The van der Waals surface area contributed by atoms with Crippen molar-refractivity contribution in [3.8, 4) is 11.1 Å². The van der Waals surface area contributed by atoms with Gasteiger partial charge in [-0.25, -0.2) is 4.79 Å². The maximum absolute atomic E-state index is 11.6. The average Bonchev–Trinajstić information content (AvgIpc) is 2.89. The predicted octanol–water partition coefficient (Wildman–Crippen LogP) is 1.60. The summed E-state index contributed by atoms with van der Waals surface area (Å²) in [5.74, 6) is 0.252. The second-order valence-electron chi connectivity index (χ2n) is 4.36. The summed E-state index contributed by atoms with van der Waals surface area (Å²) in [7, 11) is 1.79. The molecule has 0 bridgehead atoms. The number of nitrogens with zero attached hydrogens (tertiary/aromatic N) is 3. The zero-order valence-corrected chi connectivity index (χ0v) is 10.8. The molecule has 19 heavy (non-hydrogen) atoms. The van der Waals surface area contributed by atoms with Crippen molar-refractivity contribution in [1.29, 1.82) is 0 Å². The molecule has 0 radical (unpaired) electrons. The first-order valence-electron chi connectivity index (χ1n) is 6.03. The van der Waals surface area contributed by atoms with Gasteiger partial charge in [-0.15, -0.1) is 0 Å². The quantitative estimate of drug-likeness (QED) is 0.757. The summed E-state index contributed by atoms with van der Waals surface area (Å²) in [5, 5.41) is 4.12. The van der Waals surface area contributed by atoms with Crippen LogP contribution in [0.5, 0.6) is 0 Å². The van der Waals surface area contributed by atoms with Crippen LogP contribution in [0.3, 0.4) is 0 Å². The standard InChI is InChI=1S/C13H14N4O2/c1-3-17-10-6-8(4-5-11(10)19-13(17)18)9-7-15-16(2)12(9)14/h4-7H,3,14H2,1-2H3. The van der Waals surface area contributed by atoms with E-state index in [1.807, 2.05) is 19.1 Å². The van der Waals surface area contributed by atoms with E-state index in [1.165, 1.54) is 0 Å². The Morgan fingerprint density at radius 2 is 2.21 bits per heavy atom. The van der Waals surface area contributed by atoms with Crippen molar-refractivity contribution < 1.29 is 4.42 Å². The number of anilines is 1. The monoisotopic (exact) mass is 258 g/mol. The minimum atomic E-state index is -0.339. The molecule has 0 atom stereocenters. The fraction of sp³-hybridized carbons (Fsp3) is 0.231. The molecule has 0 unspecified atom stereocenters. The third kappa shape index (κ3) is 1.64. The molecular weight excluding hydrogens is 244 g/mol. The van der Waals surface area contributed by atoms with Gasteiger partial charge in [-0.2, -0.15) is 5.10 Å². The van der Waals surface area contributed by atoms with Crippen LogP contribution in [0.15, 0.2) is 33.6 Å². The number of oxazole rings is 1. The molecule has 0 fully saturated rings. The van der Waals surface area contributed by atoms with E-state index < -0.39 is 0 Å². The first-order chi connectivity index (χ1) is 9.11. The molecule has 6 heteroatoms. The zero-order valence-electron chi connectivity index (χ0n) is 10.8. The van der Waals surface area contributed by atoms with Crippen molar-refractivity contribution in [2.45, 2.75) is 13.5 Å². The van der Waals surface area contributed by atoms with Crippen LogP contribution in [-0.2, 0) is 13.6 Å². The lowest BCUT2D eigenvalue weighted by molar-refractivity contribution is 0.513. The topological polar surface area (TPSA) is 79.0 Å². The van der Waals surface area contributed by atoms with E-state index in [0.717, 1.165) is 16.6 Å². The minimum absolute atomic E-state index is 0.339. The third-order valence-electron chi connectivity index (χ3n) is 3.28. The van der Waals surface area contributed by atoms with Gasteiger partial charge in [0, 0.05) is 19.2 Å². The zero-order chi connectivity index (χ0) is 13.6. The largest absolute Gasteiger partial charge is 0.419 e. The highest BCUT2D eigenvalue weighted by Gasteiger charge is 2.12. The molecule has 3 rings (SSSR count). The predicted molar refractivity (Wildman–Crippen MR) is 72.8 cm³/mol. The first kappa shape index (κ1) is 11.6. The van der Waals surface area contributed by atoms with E-state index in [2.05, 4.69) is 5.10 Å². The highest BCUT2D eigenvalue weighted by Crippen LogP contribution is 2.27. The molecule has 0 aliphatic heterocycles. The SMILES string of the molecule is CCn1c(=O)oc2ccc(-c3cnn(C)c3N)cc21. The van der Waals surface area contributed by atoms with Crippen LogP contribution >= 0.6 is 0 Å². The summed E-state index contributed by atoms with van der Waals surface area (Å²) >= 11 is 0. The van der Waals surface area contributed by atoms with Gasteiger partial charge in [0.05, 0.1) is 11.7 Å². The molecule has 2 heterocycles. The van der Waals surface area contributed by atoms with Crippen LogP contribution < -0.4 is 11.5 Å². The van der Waals surface area contributed by atoms with Crippen LogP contribution in [0.25, 0.3) is 22.2 Å². The van der Waals surface area contributed by atoms with E-state index in [1.54, 1.807) is 28.6 Å².